The predicted octanol–water partition coefficient (Wildman–Crippen LogP) is 6.49. The molecule has 1 N–H and O–H groups in total. The van der Waals surface area contributed by atoms with Crippen molar-refractivity contribution in [1.29, 1.82) is 0 Å². The number of aryl methyl sites for hydroxylation is 2. The van der Waals surface area contributed by atoms with E-state index >= 15 is 0 Å². The fourth-order valence-electron chi connectivity index (χ4n) is 3.40. The third-order valence-corrected chi connectivity index (χ3v) is 6.91. The smallest absolute Gasteiger partial charge is 0.224 e. The van der Waals surface area contributed by atoms with Crippen LogP contribution in [0.15, 0.2) is 65.3 Å². The molecular formula is C24H23N3OS2. The molecule has 0 atom stereocenters. The second kappa shape index (κ2) is 9.41. The van der Waals surface area contributed by atoms with Gasteiger partial charge in [0.05, 0.1) is 5.39 Å². The summed E-state index contributed by atoms with van der Waals surface area (Å²) in [5.74, 6) is 0.887. The van der Waals surface area contributed by atoms with Crippen LogP contribution in [0.3, 0.4) is 0 Å². The number of hydrogen-bond donors (Lipinski definition) is 1. The highest BCUT2D eigenvalue weighted by atomic mass is 32.2. The van der Waals surface area contributed by atoms with Gasteiger partial charge in [-0.1, -0.05) is 48.5 Å². The van der Waals surface area contributed by atoms with Crippen LogP contribution in [0.25, 0.3) is 21.3 Å². The van der Waals surface area contributed by atoms with Gasteiger partial charge in [0.15, 0.2) is 0 Å². The van der Waals surface area contributed by atoms with Crippen LogP contribution in [0.2, 0.25) is 0 Å². The van der Waals surface area contributed by atoms with E-state index in [0.717, 1.165) is 44.2 Å². The SMILES string of the molecule is Cc1cccc(C)c1NC(=O)CCCSc1ncnc2scc(-c3ccccc3)c12. The Labute approximate surface area is 184 Å². The molecule has 30 heavy (non-hydrogen) atoms. The second-order valence-electron chi connectivity index (χ2n) is 7.14. The molecule has 4 nitrogen and oxygen atoms in total. The molecule has 0 fully saturated rings. The van der Waals surface area contributed by atoms with Gasteiger partial charge in [0, 0.05) is 28.8 Å². The van der Waals surface area contributed by atoms with Crippen LogP contribution in [-0.4, -0.2) is 21.6 Å². The van der Waals surface area contributed by atoms with Crippen molar-refractivity contribution in [3.63, 3.8) is 0 Å². The second-order valence-corrected chi connectivity index (χ2v) is 9.08. The number of fused-ring (bicyclic) bond motifs is 1. The van der Waals surface area contributed by atoms with Gasteiger partial charge >= 0.3 is 0 Å². The zero-order chi connectivity index (χ0) is 20.9. The standard InChI is InChI=1S/C24H23N3OS2/c1-16-8-6-9-17(2)22(16)27-20(28)12-7-13-29-23-21-19(18-10-4-3-5-11-18)14-30-24(21)26-15-25-23/h3-6,8-11,14-15H,7,12-13H2,1-2H3,(H,27,28). The lowest BCUT2D eigenvalue weighted by atomic mass is 10.1. The Bertz CT molecular complexity index is 1150. The number of thiophene rings is 1. The Morgan fingerprint density at radius 1 is 1.03 bits per heavy atom. The third-order valence-electron chi connectivity index (χ3n) is 4.95. The van der Waals surface area contributed by atoms with Gasteiger partial charge in [-0.2, -0.15) is 0 Å². The quantitative estimate of drug-likeness (QED) is 0.206. The van der Waals surface area contributed by atoms with Crippen LogP contribution in [0.5, 0.6) is 0 Å². The van der Waals surface area contributed by atoms with Gasteiger partial charge in [0.2, 0.25) is 5.91 Å². The Balaban J connectivity index is 1.40. The lowest BCUT2D eigenvalue weighted by Crippen LogP contribution is -2.13. The number of hydrogen-bond acceptors (Lipinski definition) is 5. The summed E-state index contributed by atoms with van der Waals surface area (Å²) < 4.78 is 0. The first-order valence-corrected chi connectivity index (χ1v) is 11.8. The molecule has 1 amide bonds. The number of nitrogens with one attached hydrogen (secondary N) is 1. The molecule has 0 saturated carbocycles. The van der Waals surface area contributed by atoms with E-state index in [1.165, 1.54) is 11.1 Å². The molecule has 0 aliphatic carbocycles. The largest absolute Gasteiger partial charge is 0.326 e. The van der Waals surface area contributed by atoms with Gasteiger partial charge in [0.1, 0.15) is 16.2 Å². The van der Waals surface area contributed by atoms with Crippen LogP contribution < -0.4 is 5.32 Å². The Morgan fingerprint density at radius 3 is 2.57 bits per heavy atom. The van der Waals surface area contributed by atoms with E-state index in [2.05, 4.69) is 32.8 Å². The molecule has 2 aromatic heterocycles. The lowest BCUT2D eigenvalue weighted by molar-refractivity contribution is -0.116. The van der Waals surface area contributed by atoms with Crippen LogP contribution in [0.4, 0.5) is 5.69 Å². The van der Waals surface area contributed by atoms with E-state index < -0.39 is 0 Å². The zero-order valence-electron chi connectivity index (χ0n) is 17.0. The molecular weight excluding hydrogens is 410 g/mol. The number of carbonyl (C=O) groups is 1. The maximum atomic E-state index is 12.4. The van der Waals surface area contributed by atoms with Crippen molar-refractivity contribution in [1.82, 2.24) is 9.97 Å². The van der Waals surface area contributed by atoms with E-state index in [1.54, 1.807) is 29.4 Å². The summed E-state index contributed by atoms with van der Waals surface area (Å²) in [5, 5.41) is 7.30. The van der Waals surface area contributed by atoms with Crippen molar-refractivity contribution in [2.45, 2.75) is 31.7 Å². The van der Waals surface area contributed by atoms with Gasteiger partial charge in [-0.15, -0.1) is 23.1 Å². The number of amides is 1. The summed E-state index contributed by atoms with van der Waals surface area (Å²) in [6.45, 7) is 4.04. The molecule has 0 saturated heterocycles. The number of para-hydroxylation sites is 1. The minimum Gasteiger partial charge on any atom is -0.326 e. The molecule has 0 aliphatic rings. The first-order chi connectivity index (χ1) is 14.6. The summed E-state index contributed by atoms with van der Waals surface area (Å²) >= 11 is 3.34. The third kappa shape index (κ3) is 4.55. The minimum absolute atomic E-state index is 0.0568. The monoisotopic (exact) mass is 433 g/mol. The van der Waals surface area contributed by atoms with Crippen LogP contribution in [0.1, 0.15) is 24.0 Å². The number of rotatable bonds is 7. The van der Waals surface area contributed by atoms with Crippen molar-refractivity contribution in [2.75, 3.05) is 11.1 Å². The number of nitrogens with zero attached hydrogens (tertiary/aromatic N) is 2. The van der Waals surface area contributed by atoms with Crippen molar-refractivity contribution < 1.29 is 4.79 Å². The van der Waals surface area contributed by atoms with Crippen molar-refractivity contribution >= 4 is 44.9 Å². The van der Waals surface area contributed by atoms with E-state index in [1.807, 2.05) is 50.2 Å². The molecule has 0 unspecified atom stereocenters. The summed E-state index contributed by atoms with van der Waals surface area (Å²) in [6, 6.07) is 16.4. The highest BCUT2D eigenvalue weighted by Gasteiger charge is 2.14. The Kier molecular flexibility index (Phi) is 6.45. The number of aromatic nitrogens is 2. The average Bonchev–Trinajstić information content (AvgIpc) is 3.20. The van der Waals surface area contributed by atoms with E-state index in [-0.39, 0.29) is 5.91 Å². The first-order valence-electron chi connectivity index (χ1n) is 9.90. The Morgan fingerprint density at radius 2 is 1.80 bits per heavy atom. The summed E-state index contributed by atoms with van der Waals surface area (Å²) in [7, 11) is 0. The summed E-state index contributed by atoms with van der Waals surface area (Å²) in [4.78, 5) is 22.4. The van der Waals surface area contributed by atoms with Crippen LogP contribution in [-0.2, 0) is 4.79 Å². The van der Waals surface area contributed by atoms with Crippen LogP contribution >= 0.6 is 23.1 Å². The number of carbonyl (C=O) groups excluding carboxylic acids is 1. The molecule has 0 spiro atoms. The fourth-order valence-corrected chi connectivity index (χ4v) is 5.34. The molecule has 0 bridgehead atoms. The topological polar surface area (TPSA) is 54.9 Å². The van der Waals surface area contributed by atoms with Crippen molar-refractivity contribution in [3.05, 3.63) is 71.4 Å². The van der Waals surface area contributed by atoms with E-state index in [0.29, 0.717) is 6.42 Å². The molecule has 0 radical (unpaired) electrons. The normalized spacial score (nSPS) is 11.0. The van der Waals surface area contributed by atoms with E-state index in [4.69, 9.17) is 0 Å². The Hall–Kier alpha value is -2.70. The highest BCUT2D eigenvalue weighted by Crippen LogP contribution is 2.37. The van der Waals surface area contributed by atoms with Gasteiger partial charge in [-0.3, -0.25) is 4.79 Å². The molecule has 2 aromatic carbocycles. The molecule has 4 rings (SSSR count). The number of benzene rings is 2. The van der Waals surface area contributed by atoms with Gasteiger partial charge in [-0.25, -0.2) is 9.97 Å². The molecule has 4 aromatic rings. The van der Waals surface area contributed by atoms with Crippen molar-refractivity contribution in [3.8, 4) is 11.1 Å². The number of anilines is 1. The van der Waals surface area contributed by atoms with Crippen LogP contribution in [0, 0.1) is 13.8 Å². The fraction of sp³-hybridized carbons (Fsp3) is 0.208. The predicted molar refractivity (Wildman–Crippen MR) is 127 cm³/mol. The zero-order valence-corrected chi connectivity index (χ0v) is 18.6. The highest BCUT2D eigenvalue weighted by molar-refractivity contribution is 7.99. The average molecular weight is 434 g/mol. The van der Waals surface area contributed by atoms with Gasteiger partial charge < -0.3 is 5.32 Å². The first kappa shape index (κ1) is 20.6. The summed E-state index contributed by atoms with van der Waals surface area (Å²) in [6.07, 6.45) is 2.91. The maximum Gasteiger partial charge on any atom is 0.224 e. The summed E-state index contributed by atoms with van der Waals surface area (Å²) in [5.41, 5.74) is 5.46. The molecule has 6 heteroatoms. The van der Waals surface area contributed by atoms with Gasteiger partial charge in [0.25, 0.3) is 0 Å². The number of thioether (sulfide) groups is 1. The van der Waals surface area contributed by atoms with Gasteiger partial charge in [-0.05, 0) is 37.0 Å². The molecule has 2 heterocycles. The minimum atomic E-state index is 0.0568. The lowest BCUT2D eigenvalue weighted by Gasteiger charge is -2.11. The molecule has 0 aliphatic heterocycles. The maximum absolute atomic E-state index is 12.4. The van der Waals surface area contributed by atoms with Crippen molar-refractivity contribution in [2.24, 2.45) is 0 Å². The van der Waals surface area contributed by atoms with E-state index in [9.17, 15) is 4.79 Å². The molecule has 152 valence electrons.